The molecule has 0 spiro atoms. The Kier molecular flexibility index (Phi) is 8.49. The van der Waals surface area contributed by atoms with Crippen molar-refractivity contribution < 1.29 is 19.1 Å². The zero-order valence-corrected chi connectivity index (χ0v) is 20.5. The Morgan fingerprint density at radius 3 is 2.24 bits per heavy atom. The van der Waals surface area contributed by atoms with Gasteiger partial charge in [0, 0.05) is 15.6 Å². The number of hydrogen-bond donors (Lipinski definition) is 2. The Balaban J connectivity index is 1.70. The lowest BCUT2D eigenvalue weighted by Gasteiger charge is -2.15. The number of carbonyl (C=O) groups excluding carboxylic acids is 2. The summed E-state index contributed by atoms with van der Waals surface area (Å²) in [5.41, 5.74) is 1.32. The standard InChI is InChI=1S/C24H22Cl2N2O4S/c1-14(23(29)28-19-12-15(25)10-11-18(19)26)33-17-7-4-6-16(13-17)27-24(30)22-20(31-2)8-5-9-21(22)32-3/h4-14H,1-3H3,(H,27,30)(H,28,29). The molecule has 33 heavy (non-hydrogen) atoms. The van der Waals surface area contributed by atoms with Gasteiger partial charge in [0.2, 0.25) is 5.91 Å². The first-order chi connectivity index (χ1) is 15.8. The molecule has 0 saturated heterocycles. The Hall–Kier alpha value is -2.87. The van der Waals surface area contributed by atoms with Crippen molar-refractivity contribution in [2.24, 2.45) is 0 Å². The summed E-state index contributed by atoms with van der Waals surface area (Å²) in [6, 6.07) is 17.2. The molecule has 2 amide bonds. The summed E-state index contributed by atoms with van der Waals surface area (Å²) in [5, 5.41) is 6.10. The van der Waals surface area contributed by atoms with E-state index in [0.29, 0.717) is 38.5 Å². The minimum atomic E-state index is -0.430. The fourth-order valence-corrected chi connectivity index (χ4v) is 4.26. The predicted octanol–water partition coefficient (Wildman–Crippen LogP) is 6.38. The molecule has 0 aliphatic heterocycles. The first-order valence-corrected chi connectivity index (χ1v) is 11.5. The molecule has 1 unspecified atom stereocenters. The van der Waals surface area contributed by atoms with Crippen LogP contribution in [0, 0.1) is 0 Å². The monoisotopic (exact) mass is 504 g/mol. The summed E-state index contributed by atoms with van der Waals surface area (Å²) in [7, 11) is 2.98. The molecular weight excluding hydrogens is 483 g/mol. The minimum Gasteiger partial charge on any atom is -0.496 e. The summed E-state index contributed by atoms with van der Waals surface area (Å²) in [4.78, 5) is 26.4. The number of methoxy groups -OCH3 is 2. The maximum atomic E-state index is 12.9. The van der Waals surface area contributed by atoms with Crippen molar-refractivity contribution in [1.29, 1.82) is 0 Å². The lowest BCUT2D eigenvalue weighted by atomic mass is 10.1. The molecule has 0 bridgehead atoms. The van der Waals surface area contributed by atoms with Crippen LogP contribution in [0.2, 0.25) is 10.0 Å². The molecule has 2 N–H and O–H groups in total. The van der Waals surface area contributed by atoms with E-state index in [4.69, 9.17) is 32.7 Å². The smallest absolute Gasteiger partial charge is 0.263 e. The van der Waals surface area contributed by atoms with Crippen LogP contribution < -0.4 is 20.1 Å². The molecule has 0 fully saturated rings. The second-order valence-corrected chi connectivity index (χ2v) is 9.15. The van der Waals surface area contributed by atoms with Crippen molar-refractivity contribution in [1.82, 2.24) is 0 Å². The van der Waals surface area contributed by atoms with E-state index in [1.807, 2.05) is 6.07 Å². The SMILES string of the molecule is COc1cccc(OC)c1C(=O)Nc1cccc(SC(C)C(=O)Nc2cc(Cl)ccc2Cl)c1. The highest BCUT2D eigenvalue weighted by Gasteiger charge is 2.19. The quantitative estimate of drug-likeness (QED) is 0.348. The Bertz CT molecular complexity index is 1150. The van der Waals surface area contributed by atoms with E-state index in [1.54, 1.807) is 61.5 Å². The molecular formula is C24H22Cl2N2O4S. The van der Waals surface area contributed by atoms with E-state index in [9.17, 15) is 9.59 Å². The van der Waals surface area contributed by atoms with Gasteiger partial charge in [-0.25, -0.2) is 0 Å². The fraction of sp³-hybridized carbons (Fsp3) is 0.167. The minimum absolute atomic E-state index is 0.225. The lowest BCUT2D eigenvalue weighted by Crippen LogP contribution is -2.22. The number of thioether (sulfide) groups is 1. The molecule has 3 aromatic rings. The van der Waals surface area contributed by atoms with Gasteiger partial charge in [0.25, 0.3) is 5.91 Å². The van der Waals surface area contributed by atoms with Crippen LogP contribution in [0.25, 0.3) is 0 Å². The van der Waals surface area contributed by atoms with Crippen LogP contribution in [-0.2, 0) is 4.79 Å². The molecule has 0 saturated carbocycles. The van der Waals surface area contributed by atoms with Crippen molar-refractivity contribution in [2.45, 2.75) is 17.1 Å². The number of hydrogen-bond acceptors (Lipinski definition) is 5. The van der Waals surface area contributed by atoms with Crippen molar-refractivity contribution >= 4 is 58.2 Å². The zero-order valence-electron chi connectivity index (χ0n) is 18.1. The summed E-state index contributed by atoms with van der Waals surface area (Å²) in [6.07, 6.45) is 0. The molecule has 172 valence electrons. The van der Waals surface area contributed by atoms with E-state index in [-0.39, 0.29) is 11.8 Å². The largest absolute Gasteiger partial charge is 0.496 e. The predicted molar refractivity (Wildman–Crippen MR) is 134 cm³/mol. The topological polar surface area (TPSA) is 76.7 Å². The molecule has 6 nitrogen and oxygen atoms in total. The maximum Gasteiger partial charge on any atom is 0.263 e. The van der Waals surface area contributed by atoms with Crippen molar-refractivity contribution in [3.8, 4) is 11.5 Å². The molecule has 3 aromatic carbocycles. The van der Waals surface area contributed by atoms with Gasteiger partial charge in [0.1, 0.15) is 17.1 Å². The number of amides is 2. The molecule has 0 aliphatic carbocycles. The van der Waals surface area contributed by atoms with Crippen LogP contribution >= 0.6 is 35.0 Å². The van der Waals surface area contributed by atoms with Crippen LogP contribution in [0.5, 0.6) is 11.5 Å². The van der Waals surface area contributed by atoms with Gasteiger partial charge in [-0.3, -0.25) is 9.59 Å². The summed E-state index contributed by atoms with van der Waals surface area (Å²) in [5.74, 6) is 0.218. The second-order valence-electron chi connectivity index (χ2n) is 6.89. The van der Waals surface area contributed by atoms with Gasteiger partial charge < -0.3 is 20.1 Å². The number of ether oxygens (including phenoxy) is 2. The molecule has 1 atom stereocenters. The Morgan fingerprint density at radius 2 is 1.58 bits per heavy atom. The van der Waals surface area contributed by atoms with E-state index in [0.717, 1.165) is 4.90 Å². The third kappa shape index (κ3) is 6.35. The van der Waals surface area contributed by atoms with Gasteiger partial charge >= 0.3 is 0 Å². The van der Waals surface area contributed by atoms with Crippen LogP contribution in [0.1, 0.15) is 17.3 Å². The molecule has 3 rings (SSSR count). The first kappa shape index (κ1) is 24.8. The molecule has 9 heteroatoms. The van der Waals surface area contributed by atoms with Gasteiger partial charge in [0.05, 0.1) is 30.2 Å². The van der Waals surface area contributed by atoms with E-state index < -0.39 is 5.25 Å². The Labute approximate surface area is 206 Å². The molecule has 0 heterocycles. The van der Waals surface area contributed by atoms with Gasteiger partial charge in [-0.1, -0.05) is 35.3 Å². The van der Waals surface area contributed by atoms with Crippen LogP contribution in [0.15, 0.2) is 65.6 Å². The van der Waals surface area contributed by atoms with E-state index in [1.165, 1.54) is 26.0 Å². The van der Waals surface area contributed by atoms with Crippen molar-refractivity contribution in [3.05, 3.63) is 76.3 Å². The number of rotatable bonds is 8. The highest BCUT2D eigenvalue weighted by molar-refractivity contribution is 8.00. The fourth-order valence-electron chi connectivity index (χ4n) is 3.00. The van der Waals surface area contributed by atoms with Crippen LogP contribution in [0.4, 0.5) is 11.4 Å². The first-order valence-electron chi connectivity index (χ1n) is 9.87. The van der Waals surface area contributed by atoms with Gasteiger partial charge in [-0.15, -0.1) is 11.8 Å². The average molecular weight is 505 g/mol. The molecule has 0 aromatic heterocycles. The number of halogens is 2. The number of anilines is 2. The van der Waals surface area contributed by atoms with Gasteiger partial charge in [-0.05, 0) is 55.5 Å². The van der Waals surface area contributed by atoms with E-state index in [2.05, 4.69) is 10.6 Å². The molecule has 0 aliphatic rings. The van der Waals surface area contributed by atoms with E-state index >= 15 is 0 Å². The molecule has 0 radical (unpaired) electrons. The second kappa shape index (κ2) is 11.3. The average Bonchev–Trinajstić information content (AvgIpc) is 2.80. The van der Waals surface area contributed by atoms with Crippen LogP contribution in [0.3, 0.4) is 0 Å². The summed E-state index contributed by atoms with van der Waals surface area (Å²) < 4.78 is 10.6. The third-order valence-electron chi connectivity index (χ3n) is 4.62. The number of benzene rings is 3. The highest BCUT2D eigenvalue weighted by Crippen LogP contribution is 2.31. The number of nitrogens with one attached hydrogen (secondary N) is 2. The Morgan fingerprint density at radius 1 is 0.909 bits per heavy atom. The third-order valence-corrected chi connectivity index (χ3v) is 6.27. The van der Waals surface area contributed by atoms with Crippen molar-refractivity contribution in [3.63, 3.8) is 0 Å². The van der Waals surface area contributed by atoms with Gasteiger partial charge in [-0.2, -0.15) is 0 Å². The van der Waals surface area contributed by atoms with Crippen LogP contribution in [-0.4, -0.2) is 31.3 Å². The number of carbonyl (C=O) groups is 2. The normalized spacial score (nSPS) is 11.4. The zero-order chi connectivity index (χ0) is 24.0. The van der Waals surface area contributed by atoms with Crippen molar-refractivity contribution in [2.75, 3.05) is 24.9 Å². The van der Waals surface area contributed by atoms with Gasteiger partial charge in [0.15, 0.2) is 0 Å². The summed E-state index contributed by atoms with van der Waals surface area (Å²) >= 11 is 13.5. The summed E-state index contributed by atoms with van der Waals surface area (Å²) in [6.45, 7) is 1.78. The lowest BCUT2D eigenvalue weighted by molar-refractivity contribution is -0.115. The highest BCUT2D eigenvalue weighted by atomic mass is 35.5. The maximum absolute atomic E-state index is 12.9.